The molecule has 6 heteroatoms. The highest BCUT2D eigenvalue weighted by Gasteiger charge is 2.28. The van der Waals surface area contributed by atoms with E-state index in [9.17, 15) is 13.2 Å². The normalized spacial score (nSPS) is 14.2. The van der Waals surface area contributed by atoms with Gasteiger partial charge in [-0.15, -0.1) is 0 Å². The Hall–Kier alpha value is -1.23. The molecule has 2 aromatic rings. The largest absolute Gasteiger partial charge is 0.318 e. The highest BCUT2D eigenvalue weighted by Crippen LogP contribution is 2.35. The van der Waals surface area contributed by atoms with Crippen LogP contribution in [0.15, 0.2) is 30.3 Å². The van der Waals surface area contributed by atoms with E-state index in [0.29, 0.717) is 0 Å². The molecule has 2 N–H and O–H groups in total. The number of rotatable bonds is 2. The van der Waals surface area contributed by atoms with Crippen LogP contribution < -0.4 is 5.73 Å². The molecule has 1 atom stereocenters. The SMILES string of the molecule is CC(N)(c1cc(F)cc(F)c1)c1cc(F)c(Cl)cc1Cl. The molecule has 0 radical (unpaired) electrons. The molecule has 0 aromatic heterocycles. The molecule has 0 amide bonds. The third-order valence-corrected chi connectivity index (χ3v) is 3.63. The first-order valence-electron chi connectivity index (χ1n) is 5.62. The quantitative estimate of drug-likeness (QED) is 0.802. The minimum absolute atomic E-state index is 0.117. The predicted molar refractivity (Wildman–Crippen MR) is 73.4 cm³/mol. The molecular weight excluding hydrogens is 310 g/mol. The summed E-state index contributed by atoms with van der Waals surface area (Å²) >= 11 is 11.6. The summed E-state index contributed by atoms with van der Waals surface area (Å²) in [6.07, 6.45) is 0. The highest BCUT2D eigenvalue weighted by atomic mass is 35.5. The van der Waals surface area contributed by atoms with E-state index in [0.717, 1.165) is 24.3 Å². The molecule has 1 unspecified atom stereocenters. The van der Waals surface area contributed by atoms with Gasteiger partial charge in [0, 0.05) is 11.1 Å². The second-order valence-corrected chi connectivity index (χ2v) is 5.42. The first-order valence-corrected chi connectivity index (χ1v) is 6.38. The first-order chi connectivity index (χ1) is 9.21. The summed E-state index contributed by atoms with van der Waals surface area (Å²) in [5.41, 5.74) is 5.04. The number of halogens is 5. The van der Waals surface area contributed by atoms with Gasteiger partial charge in [-0.25, -0.2) is 13.2 Å². The van der Waals surface area contributed by atoms with E-state index in [-0.39, 0.29) is 21.2 Å². The fourth-order valence-electron chi connectivity index (χ4n) is 1.93. The fraction of sp³-hybridized carbons (Fsp3) is 0.143. The molecule has 0 aliphatic heterocycles. The Morgan fingerprint density at radius 2 is 1.45 bits per heavy atom. The monoisotopic (exact) mass is 319 g/mol. The standard InChI is InChI=1S/C14H10Cl2F3N/c1-14(20,7-2-8(17)4-9(18)3-7)10-5-13(19)12(16)6-11(10)15/h2-6H,20H2,1H3. The summed E-state index contributed by atoms with van der Waals surface area (Å²) in [5.74, 6) is -2.26. The summed E-state index contributed by atoms with van der Waals surface area (Å²) in [6.45, 7) is 1.48. The smallest absolute Gasteiger partial charge is 0.142 e. The molecule has 0 fully saturated rings. The lowest BCUT2D eigenvalue weighted by Crippen LogP contribution is -2.35. The maximum atomic E-state index is 13.6. The molecule has 2 aromatic carbocycles. The van der Waals surface area contributed by atoms with Crippen molar-refractivity contribution in [3.63, 3.8) is 0 Å². The van der Waals surface area contributed by atoms with Crippen molar-refractivity contribution in [2.75, 3.05) is 0 Å². The Morgan fingerprint density at radius 3 is 2.00 bits per heavy atom. The van der Waals surface area contributed by atoms with E-state index in [4.69, 9.17) is 28.9 Å². The Balaban J connectivity index is 2.62. The first kappa shape index (κ1) is 15.2. The van der Waals surface area contributed by atoms with Gasteiger partial charge in [0.15, 0.2) is 0 Å². The van der Waals surface area contributed by atoms with E-state index in [1.54, 1.807) is 0 Å². The summed E-state index contributed by atoms with van der Waals surface area (Å²) in [5, 5.41) is -0.0361. The Labute approximate surface area is 124 Å². The second-order valence-electron chi connectivity index (χ2n) is 4.61. The van der Waals surface area contributed by atoms with Gasteiger partial charge in [-0.2, -0.15) is 0 Å². The van der Waals surface area contributed by atoms with Gasteiger partial charge in [-0.3, -0.25) is 0 Å². The van der Waals surface area contributed by atoms with Crippen molar-refractivity contribution < 1.29 is 13.2 Å². The summed E-state index contributed by atoms with van der Waals surface area (Å²) in [6, 6.07) is 5.14. The Morgan fingerprint density at radius 1 is 0.900 bits per heavy atom. The maximum absolute atomic E-state index is 13.6. The molecule has 2 rings (SSSR count). The molecule has 0 saturated heterocycles. The van der Waals surface area contributed by atoms with Crippen LogP contribution in [0, 0.1) is 17.5 Å². The van der Waals surface area contributed by atoms with Crippen LogP contribution in [0.1, 0.15) is 18.1 Å². The summed E-state index contributed by atoms with van der Waals surface area (Å²) in [4.78, 5) is 0. The molecule has 0 aliphatic rings. The van der Waals surface area contributed by atoms with Gasteiger partial charge in [-0.1, -0.05) is 23.2 Å². The third-order valence-electron chi connectivity index (χ3n) is 3.03. The van der Waals surface area contributed by atoms with Gasteiger partial charge in [-0.05, 0) is 42.3 Å². The number of benzene rings is 2. The zero-order valence-electron chi connectivity index (χ0n) is 10.4. The van der Waals surface area contributed by atoms with Crippen LogP contribution in [0.3, 0.4) is 0 Å². The van der Waals surface area contributed by atoms with Crippen molar-refractivity contribution in [2.24, 2.45) is 5.73 Å². The molecule has 20 heavy (non-hydrogen) atoms. The molecule has 0 spiro atoms. The van der Waals surface area contributed by atoms with E-state index in [1.807, 2.05) is 0 Å². The molecule has 0 saturated carbocycles. The Bertz CT molecular complexity index is 651. The zero-order valence-corrected chi connectivity index (χ0v) is 11.9. The van der Waals surface area contributed by atoms with Crippen LogP contribution in [0.5, 0.6) is 0 Å². The number of hydrogen-bond donors (Lipinski definition) is 1. The van der Waals surface area contributed by atoms with Crippen LogP contribution in [0.25, 0.3) is 0 Å². The minimum atomic E-state index is -1.37. The van der Waals surface area contributed by atoms with Gasteiger partial charge in [0.05, 0.1) is 10.6 Å². The molecule has 0 heterocycles. The summed E-state index contributed by atoms with van der Waals surface area (Å²) < 4.78 is 40.2. The van der Waals surface area contributed by atoms with Crippen molar-refractivity contribution in [3.8, 4) is 0 Å². The highest BCUT2D eigenvalue weighted by molar-refractivity contribution is 6.35. The predicted octanol–water partition coefficient (Wildman–Crippen LogP) is 4.63. The topological polar surface area (TPSA) is 26.0 Å². The van der Waals surface area contributed by atoms with Gasteiger partial charge in [0.1, 0.15) is 17.5 Å². The second kappa shape index (κ2) is 5.28. The lowest BCUT2D eigenvalue weighted by atomic mass is 9.85. The van der Waals surface area contributed by atoms with Gasteiger partial charge >= 0.3 is 0 Å². The van der Waals surface area contributed by atoms with E-state index in [1.165, 1.54) is 13.0 Å². The number of hydrogen-bond acceptors (Lipinski definition) is 1. The molecule has 106 valence electrons. The number of nitrogens with two attached hydrogens (primary N) is 1. The zero-order chi connectivity index (χ0) is 15.1. The van der Waals surface area contributed by atoms with E-state index < -0.39 is 23.0 Å². The van der Waals surface area contributed by atoms with Gasteiger partial charge in [0.2, 0.25) is 0 Å². The summed E-state index contributed by atoms with van der Waals surface area (Å²) in [7, 11) is 0. The van der Waals surface area contributed by atoms with Crippen LogP contribution in [0.4, 0.5) is 13.2 Å². The van der Waals surface area contributed by atoms with Crippen molar-refractivity contribution in [1.29, 1.82) is 0 Å². The molecule has 0 aliphatic carbocycles. The molecular formula is C14H10Cl2F3N. The van der Waals surface area contributed by atoms with Crippen molar-refractivity contribution in [3.05, 3.63) is 69.0 Å². The Kier molecular flexibility index (Phi) is 4.00. The van der Waals surface area contributed by atoms with E-state index in [2.05, 4.69) is 0 Å². The average Bonchev–Trinajstić information content (AvgIpc) is 2.32. The average molecular weight is 320 g/mol. The van der Waals surface area contributed by atoms with Crippen molar-refractivity contribution in [1.82, 2.24) is 0 Å². The lowest BCUT2D eigenvalue weighted by Gasteiger charge is -2.27. The van der Waals surface area contributed by atoms with Crippen LogP contribution in [-0.2, 0) is 5.54 Å². The van der Waals surface area contributed by atoms with Crippen molar-refractivity contribution in [2.45, 2.75) is 12.5 Å². The van der Waals surface area contributed by atoms with E-state index >= 15 is 0 Å². The minimum Gasteiger partial charge on any atom is -0.318 e. The van der Waals surface area contributed by atoms with Crippen molar-refractivity contribution >= 4 is 23.2 Å². The molecule has 1 nitrogen and oxygen atoms in total. The van der Waals surface area contributed by atoms with Crippen LogP contribution >= 0.6 is 23.2 Å². The molecule has 0 bridgehead atoms. The van der Waals surface area contributed by atoms with Gasteiger partial charge < -0.3 is 5.73 Å². The third kappa shape index (κ3) is 2.77. The maximum Gasteiger partial charge on any atom is 0.142 e. The van der Waals surface area contributed by atoms with Crippen LogP contribution in [-0.4, -0.2) is 0 Å². The lowest BCUT2D eigenvalue weighted by molar-refractivity contribution is 0.546. The fourth-order valence-corrected chi connectivity index (χ4v) is 2.51. The van der Waals surface area contributed by atoms with Crippen LogP contribution in [0.2, 0.25) is 10.0 Å². The van der Waals surface area contributed by atoms with Gasteiger partial charge in [0.25, 0.3) is 0 Å².